The van der Waals surface area contributed by atoms with Crippen molar-refractivity contribution >= 4 is 11.8 Å². The molecule has 88 valence electrons. The van der Waals surface area contributed by atoms with Gasteiger partial charge in [-0.3, -0.25) is 9.59 Å². The molecule has 3 fully saturated rings. The number of carbonyl (C=O) groups excluding carboxylic acids is 2. The lowest BCUT2D eigenvalue weighted by atomic mass is 10.0. The van der Waals surface area contributed by atoms with Crippen LogP contribution in [0.4, 0.5) is 0 Å². The molecular formula is C10H15N3O3. The molecule has 0 aromatic carbocycles. The van der Waals surface area contributed by atoms with Crippen molar-refractivity contribution in [2.45, 2.75) is 24.6 Å². The zero-order valence-corrected chi connectivity index (χ0v) is 8.93. The zero-order chi connectivity index (χ0) is 11.3. The Hall–Kier alpha value is -1.14. The third kappa shape index (κ3) is 1.26. The van der Waals surface area contributed by atoms with E-state index in [-0.39, 0.29) is 17.9 Å². The molecule has 0 saturated carbocycles. The minimum atomic E-state index is -0.549. The summed E-state index contributed by atoms with van der Waals surface area (Å²) in [6.45, 7) is 2.17. The lowest BCUT2D eigenvalue weighted by Gasteiger charge is -2.44. The van der Waals surface area contributed by atoms with Crippen LogP contribution in [0.15, 0.2) is 0 Å². The van der Waals surface area contributed by atoms with Crippen LogP contribution in [0.3, 0.4) is 0 Å². The second kappa shape index (κ2) is 3.43. The van der Waals surface area contributed by atoms with Gasteiger partial charge in [0, 0.05) is 32.6 Å². The summed E-state index contributed by atoms with van der Waals surface area (Å²) in [6, 6.07) is -0.778. The van der Waals surface area contributed by atoms with Crippen LogP contribution in [0, 0.1) is 0 Å². The normalized spacial score (nSPS) is 38.7. The SMILES string of the molecule is O=C1[C@@H]2C[C@@H](O)CN2C(=O)[C@H]2CNCCN12. The monoisotopic (exact) mass is 225 g/mol. The number of nitrogens with zero attached hydrogens (tertiary/aromatic N) is 2. The van der Waals surface area contributed by atoms with E-state index in [1.165, 1.54) is 0 Å². The van der Waals surface area contributed by atoms with E-state index in [2.05, 4.69) is 5.32 Å². The number of aliphatic hydroxyl groups excluding tert-OH is 1. The molecule has 0 bridgehead atoms. The van der Waals surface area contributed by atoms with E-state index in [0.29, 0.717) is 26.1 Å². The summed E-state index contributed by atoms with van der Waals surface area (Å²) >= 11 is 0. The van der Waals surface area contributed by atoms with Crippen molar-refractivity contribution in [1.29, 1.82) is 0 Å². The van der Waals surface area contributed by atoms with Crippen molar-refractivity contribution < 1.29 is 14.7 Å². The highest BCUT2D eigenvalue weighted by atomic mass is 16.3. The molecule has 3 saturated heterocycles. The van der Waals surface area contributed by atoms with E-state index in [1.54, 1.807) is 9.80 Å². The minimum absolute atomic E-state index is 0.00245. The Kier molecular flexibility index (Phi) is 2.15. The van der Waals surface area contributed by atoms with Gasteiger partial charge < -0.3 is 20.2 Å². The van der Waals surface area contributed by atoms with Gasteiger partial charge in [-0.05, 0) is 0 Å². The molecule has 0 aromatic heterocycles. The van der Waals surface area contributed by atoms with Crippen LogP contribution in [0.5, 0.6) is 0 Å². The Morgan fingerprint density at radius 3 is 2.75 bits per heavy atom. The van der Waals surface area contributed by atoms with E-state index in [4.69, 9.17) is 0 Å². The first-order valence-electron chi connectivity index (χ1n) is 5.68. The molecular weight excluding hydrogens is 210 g/mol. The van der Waals surface area contributed by atoms with Crippen molar-refractivity contribution in [3.8, 4) is 0 Å². The molecule has 3 aliphatic heterocycles. The fourth-order valence-corrected chi connectivity index (χ4v) is 2.86. The van der Waals surface area contributed by atoms with E-state index < -0.39 is 12.1 Å². The van der Waals surface area contributed by atoms with E-state index in [0.717, 1.165) is 6.54 Å². The molecule has 3 rings (SSSR count). The van der Waals surface area contributed by atoms with Crippen molar-refractivity contribution in [2.75, 3.05) is 26.2 Å². The number of hydrogen-bond acceptors (Lipinski definition) is 4. The smallest absolute Gasteiger partial charge is 0.247 e. The van der Waals surface area contributed by atoms with Crippen LogP contribution in [0.2, 0.25) is 0 Å². The van der Waals surface area contributed by atoms with Gasteiger partial charge in [-0.1, -0.05) is 0 Å². The molecule has 0 spiro atoms. The van der Waals surface area contributed by atoms with E-state index >= 15 is 0 Å². The molecule has 3 atom stereocenters. The average molecular weight is 225 g/mol. The Balaban J connectivity index is 1.91. The summed E-state index contributed by atoms with van der Waals surface area (Å²) in [7, 11) is 0. The molecule has 3 aliphatic rings. The maximum atomic E-state index is 12.1. The lowest BCUT2D eigenvalue weighted by molar-refractivity contribution is -0.160. The molecule has 2 N–H and O–H groups in total. The van der Waals surface area contributed by atoms with E-state index in [9.17, 15) is 14.7 Å². The van der Waals surface area contributed by atoms with Crippen molar-refractivity contribution in [3.63, 3.8) is 0 Å². The van der Waals surface area contributed by atoms with Crippen molar-refractivity contribution in [1.82, 2.24) is 15.1 Å². The number of amides is 2. The molecule has 0 aliphatic carbocycles. The summed E-state index contributed by atoms with van der Waals surface area (Å²) in [5.74, 6) is -0.0176. The maximum absolute atomic E-state index is 12.1. The fourth-order valence-electron chi connectivity index (χ4n) is 2.86. The number of piperazine rings is 2. The zero-order valence-electron chi connectivity index (χ0n) is 8.93. The number of rotatable bonds is 0. The molecule has 3 heterocycles. The second-order valence-electron chi connectivity index (χ2n) is 4.65. The number of hydrogen-bond donors (Lipinski definition) is 2. The predicted octanol–water partition coefficient (Wildman–Crippen LogP) is -2.24. The van der Waals surface area contributed by atoms with Gasteiger partial charge >= 0.3 is 0 Å². The van der Waals surface area contributed by atoms with Gasteiger partial charge in [-0.25, -0.2) is 0 Å². The van der Waals surface area contributed by atoms with Crippen molar-refractivity contribution in [3.05, 3.63) is 0 Å². The summed E-state index contributed by atoms with van der Waals surface area (Å²) in [5, 5.41) is 12.7. The Morgan fingerprint density at radius 2 is 1.94 bits per heavy atom. The van der Waals surface area contributed by atoms with Crippen LogP contribution in [-0.2, 0) is 9.59 Å². The van der Waals surface area contributed by atoms with Gasteiger partial charge in [0.1, 0.15) is 12.1 Å². The number of fused-ring (bicyclic) bond motifs is 2. The number of nitrogens with one attached hydrogen (secondary N) is 1. The van der Waals surface area contributed by atoms with Crippen LogP contribution in [0.25, 0.3) is 0 Å². The van der Waals surface area contributed by atoms with Crippen LogP contribution in [-0.4, -0.2) is 71.1 Å². The van der Waals surface area contributed by atoms with Crippen molar-refractivity contribution in [2.24, 2.45) is 0 Å². The van der Waals surface area contributed by atoms with Crippen LogP contribution in [0.1, 0.15) is 6.42 Å². The molecule has 0 unspecified atom stereocenters. The predicted molar refractivity (Wildman–Crippen MR) is 54.5 cm³/mol. The maximum Gasteiger partial charge on any atom is 0.247 e. The van der Waals surface area contributed by atoms with Gasteiger partial charge in [-0.15, -0.1) is 0 Å². The van der Waals surface area contributed by atoms with Crippen LogP contribution < -0.4 is 5.32 Å². The van der Waals surface area contributed by atoms with Gasteiger partial charge in [0.05, 0.1) is 6.10 Å². The van der Waals surface area contributed by atoms with Gasteiger partial charge in [0.25, 0.3) is 0 Å². The standard InChI is InChI=1S/C10H15N3O3/c14-6-3-7-9(15)12-2-1-11-4-8(12)10(16)13(7)5-6/h6-8,11,14H,1-5H2/t6-,7+,8-/m1/s1. The fraction of sp³-hybridized carbons (Fsp3) is 0.800. The molecule has 6 nitrogen and oxygen atoms in total. The molecule has 0 radical (unpaired) electrons. The average Bonchev–Trinajstić information content (AvgIpc) is 2.68. The Labute approximate surface area is 93.2 Å². The lowest BCUT2D eigenvalue weighted by Crippen LogP contribution is -2.68. The summed E-state index contributed by atoms with van der Waals surface area (Å²) in [5.41, 5.74) is 0. The molecule has 16 heavy (non-hydrogen) atoms. The summed E-state index contributed by atoms with van der Waals surface area (Å²) < 4.78 is 0. The second-order valence-corrected chi connectivity index (χ2v) is 4.65. The minimum Gasteiger partial charge on any atom is -0.391 e. The first-order valence-corrected chi connectivity index (χ1v) is 5.68. The first kappa shape index (κ1) is 10.0. The van der Waals surface area contributed by atoms with Gasteiger partial charge in [-0.2, -0.15) is 0 Å². The highest BCUT2D eigenvalue weighted by molar-refractivity contribution is 5.97. The molecule has 6 heteroatoms. The summed E-state index contributed by atoms with van der Waals surface area (Å²) in [6.07, 6.45) is -0.159. The topological polar surface area (TPSA) is 72.9 Å². The third-order valence-electron chi connectivity index (χ3n) is 3.66. The third-order valence-corrected chi connectivity index (χ3v) is 3.66. The molecule has 2 amide bonds. The van der Waals surface area contributed by atoms with Gasteiger partial charge in [0.2, 0.25) is 11.8 Å². The Morgan fingerprint density at radius 1 is 1.19 bits per heavy atom. The van der Waals surface area contributed by atoms with E-state index in [1.807, 2.05) is 0 Å². The molecule has 0 aromatic rings. The highest BCUT2D eigenvalue weighted by Crippen LogP contribution is 2.27. The Bertz CT molecular complexity index is 302. The number of carbonyl (C=O) groups is 2. The summed E-state index contributed by atoms with van der Waals surface area (Å²) in [4.78, 5) is 27.4. The van der Waals surface area contributed by atoms with Crippen LogP contribution >= 0.6 is 0 Å². The largest absolute Gasteiger partial charge is 0.391 e. The quantitative estimate of drug-likeness (QED) is 0.489. The highest BCUT2D eigenvalue weighted by Gasteiger charge is 2.50. The number of aliphatic hydroxyl groups is 1. The first-order chi connectivity index (χ1) is 7.68. The van der Waals surface area contributed by atoms with Gasteiger partial charge in [0.15, 0.2) is 0 Å².